The lowest BCUT2D eigenvalue weighted by Crippen LogP contribution is -2.44. The molecule has 1 rings (SSSR count). The highest BCUT2D eigenvalue weighted by Crippen LogP contribution is 2.15. The van der Waals surface area contributed by atoms with Gasteiger partial charge in [-0.1, -0.05) is 0 Å². The van der Waals surface area contributed by atoms with E-state index in [0.717, 1.165) is 26.2 Å². The maximum Gasteiger partial charge on any atom is 0.0621 e. The van der Waals surface area contributed by atoms with Crippen molar-refractivity contribution in [2.45, 2.75) is 38.3 Å². The third-order valence-electron chi connectivity index (χ3n) is 2.99. The Labute approximate surface area is 81.2 Å². The highest BCUT2D eigenvalue weighted by Gasteiger charge is 2.21. The van der Waals surface area contributed by atoms with Crippen LogP contribution in [0.3, 0.4) is 0 Å². The number of nitrogens with zero attached hydrogens (tertiary/aromatic N) is 1. The summed E-state index contributed by atoms with van der Waals surface area (Å²) in [5.74, 6) is 0. The second-order valence-electron chi connectivity index (χ2n) is 3.96. The van der Waals surface area contributed by atoms with Crippen molar-refractivity contribution in [1.82, 2.24) is 4.90 Å². The van der Waals surface area contributed by atoms with Crippen molar-refractivity contribution in [3.8, 4) is 0 Å². The fourth-order valence-corrected chi connectivity index (χ4v) is 1.85. The molecule has 0 amide bonds. The van der Waals surface area contributed by atoms with Crippen molar-refractivity contribution in [1.29, 1.82) is 0 Å². The molecule has 0 aromatic heterocycles. The molecule has 78 valence electrons. The zero-order valence-electron chi connectivity index (χ0n) is 8.83. The number of hydrogen-bond acceptors (Lipinski definition) is 3. The van der Waals surface area contributed by atoms with Gasteiger partial charge in [0.2, 0.25) is 0 Å². The van der Waals surface area contributed by atoms with Gasteiger partial charge in [-0.3, -0.25) is 4.90 Å². The minimum absolute atomic E-state index is 0.580. The molecule has 0 bridgehead atoms. The second-order valence-corrected chi connectivity index (χ2v) is 3.96. The smallest absolute Gasteiger partial charge is 0.0621 e. The maximum absolute atomic E-state index is 5.54. The van der Waals surface area contributed by atoms with Gasteiger partial charge >= 0.3 is 0 Å². The molecule has 3 heteroatoms. The van der Waals surface area contributed by atoms with Gasteiger partial charge in [-0.05, 0) is 39.8 Å². The topological polar surface area (TPSA) is 38.5 Å². The molecule has 0 aliphatic carbocycles. The van der Waals surface area contributed by atoms with Gasteiger partial charge in [0.25, 0.3) is 0 Å². The minimum Gasteiger partial charge on any atom is -0.380 e. The van der Waals surface area contributed by atoms with Crippen molar-refractivity contribution in [2.24, 2.45) is 5.73 Å². The van der Waals surface area contributed by atoms with Crippen molar-refractivity contribution < 1.29 is 4.74 Å². The lowest BCUT2D eigenvalue weighted by atomic mass is 10.1. The zero-order chi connectivity index (χ0) is 9.68. The molecule has 0 aromatic carbocycles. The predicted octanol–water partition coefficient (Wildman–Crippen LogP) is 0.834. The van der Waals surface area contributed by atoms with Crippen LogP contribution in [0.5, 0.6) is 0 Å². The molecular weight excluding hydrogens is 164 g/mol. The summed E-state index contributed by atoms with van der Waals surface area (Å²) in [4.78, 5) is 2.41. The molecule has 13 heavy (non-hydrogen) atoms. The fourth-order valence-electron chi connectivity index (χ4n) is 1.85. The normalized spacial score (nSPS) is 26.3. The first-order valence-electron chi connectivity index (χ1n) is 5.25. The standard InChI is InChI=1S/C10H22N2O/c1-9(5-6-11)12(2)10-4-3-7-13-8-10/h9-10H,3-8,11H2,1-2H3. The average Bonchev–Trinajstić information content (AvgIpc) is 2.18. The Balaban J connectivity index is 2.31. The molecule has 3 nitrogen and oxygen atoms in total. The van der Waals surface area contributed by atoms with Crippen LogP contribution in [0.1, 0.15) is 26.2 Å². The van der Waals surface area contributed by atoms with Crippen molar-refractivity contribution in [3.63, 3.8) is 0 Å². The van der Waals surface area contributed by atoms with Gasteiger partial charge in [-0.15, -0.1) is 0 Å². The Morgan fingerprint density at radius 2 is 2.38 bits per heavy atom. The number of ether oxygens (including phenoxy) is 1. The summed E-state index contributed by atoms with van der Waals surface area (Å²) in [7, 11) is 2.18. The van der Waals surface area contributed by atoms with E-state index < -0.39 is 0 Å². The van der Waals surface area contributed by atoms with E-state index in [4.69, 9.17) is 10.5 Å². The lowest BCUT2D eigenvalue weighted by molar-refractivity contribution is 0.0139. The van der Waals surface area contributed by atoms with E-state index >= 15 is 0 Å². The van der Waals surface area contributed by atoms with Gasteiger partial charge in [0.1, 0.15) is 0 Å². The minimum atomic E-state index is 0.580. The van der Waals surface area contributed by atoms with Gasteiger partial charge < -0.3 is 10.5 Å². The predicted molar refractivity (Wildman–Crippen MR) is 54.7 cm³/mol. The molecule has 0 aromatic rings. The lowest BCUT2D eigenvalue weighted by Gasteiger charge is -2.35. The van der Waals surface area contributed by atoms with E-state index in [2.05, 4.69) is 18.9 Å². The first-order valence-corrected chi connectivity index (χ1v) is 5.25. The Bertz CT molecular complexity index is 135. The van der Waals surface area contributed by atoms with Crippen LogP contribution < -0.4 is 5.73 Å². The van der Waals surface area contributed by atoms with Crippen LogP contribution in [0, 0.1) is 0 Å². The summed E-state index contributed by atoms with van der Waals surface area (Å²) >= 11 is 0. The van der Waals surface area contributed by atoms with Crippen LogP contribution >= 0.6 is 0 Å². The molecule has 1 aliphatic rings. The third kappa shape index (κ3) is 3.25. The molecule has 0 spiro atoms. The summed E-state index contributed by atoms with van der Waals surface area (Å²) in [5.41, 5.74) is 5.54. The molecule has 2 atom stereocenters. The van der Waals surface area contributed by atoms with Gasteiger partial charge in [0, 0.05) is 18.7 Å². The molecule has 2 N–H and O–H groups in total. The third-order valence-corrected chi connectivity index (χ3v) is 2.99. The van der Waals surface area contributed by atoms with E-state index in [9.17, 15) is 0 Å². The SMILES string of the molecule is CC(CCN)N(C)C1CCCOC1. The maximum atomic E-state index is 5.54. The van der Waals surface area contributed by atoms with Crippen molar-refractivity contribution >= 4 is 0 Å². The quantitative estimate of drug-likeness (QED) is 0.707. The Hall–Kier alpha value is -0.120. The van der Waals surface area contributed by atoms with Gasteiger partial charge in [0.15, 0.2) is 0 Å². The van der Waals surface area contributed by atoms with Crippen LogP contribution in [0.4, 0.5) is 0 Å². The summed E-state index contributed by atoms with van der Waals surface area (Å²) in [5, 5.41) is 0. The van der Waals surface area contributed by atoms with E-state index in [0.29, 0.717) is 12.1 Å². The van der Waals surface area contributed by atoms with E-state index in [1.165, 1.54) is 12.8 Å². The Kier molecular flexibility index (Phi) is 4.70. The van der Waals surface area contributed by atoms with Crippen LogP contribution in [-0.4, -0.2) is 43.8 Å². The fraction of sp³-hybridized carbons (Fsp3) is 1.00. The molecule has 0 saturated carbocycles. The van der Waals surface area contributed by atoms with Crippen LogP contribution in [0.25, 0.3) is 0 Å². The van der Waals surface area contributed by atoms with Gasteiger partial charge in [-0.25, -0.2) is 0 Å². The van der Waals surface area contributed by atoms with Crippen LogP contribution in [0.15, 0.2) is 0 Å². The summed E-state index contributed by atoms with van der Waals surface area (Å²) < 4.78 is 5.46. The van der Waals surface area contributed by atoms with E-state index in [-0.39, 0.29) is 0 Å². The zero-order valence-corrected chi connectivity index (χ0v) is 8.83. The van der Waals surface area contributed by atoms with Gasteiger partial charge in [-0.2, -0.15) is 0 Å². The molecule has 0 radical (unpaired) electrons. The van der Waals surface area contributed by atoms with Crippen LogP contribution in [0.2, 0.25) is 0 Å². The second kappa shape index (κ2) is 5.58. The molecular formula is C10H22N2O. The summed E-state index contributed by atoms with van der Waals surface area (Å²) in [6.07, 6.45) is 3.54. The largest absolute Gasteiger partial charge is 0.380 e. The Morgan fingerprint density at radius 3 is 2.92 bits per heavy atom. The summed E-state index contributed by atoms with van der Waals surface area (Å²) in [6, 6.07) is 1.19. The van der Waals surface area contributed by atoms with E-state index in [1.54, 1.807) is 0 Å². The number of hydrogen-bond donors (Lipinski definition) is 1. The highest BCUT2D eigenvalue weighted by atomic mass is 16.5. The first kappa shape index (κ1) is 11.0. The number of likely N-dealkylation sites (N-methyl/N-ethyl adjacent to an activating group) is 1. The molecule has 1 saturated heterocycles. The molecule has 1 aliphatic heterocycles. The highest BCUT2D eigenvalue weighted by molar-refractivity contribution is 4.76. The molecule has 2 unspecified atom stereocenters. The van der Waals surface area contributed by atoms with E-state index in [1.807, 2.05) is 0 Å². The monoisotopic (exact) mass is 186 g/mol. The first-order chi connectivity index (χ1) is 6.25. The van der Waals surface area contributed by atoms with Crippen LogP contribution in [-0.2, 0) is 4.74 Å². The Morgan fingerprint density at radius 1 is 1.62 bits per heavy atom. The van der Waals surface area contributed by atoms with Crippen molar-refractivity contribution in [3.05, 3.63) is 0 Å². The molecule has 1 heterocycles. The van der Waals surface area contributed by atoms with Crippen molar-refractivity contribution in [2.75, 3.05) is 26.8 Å². The average molecular weight is 186 g/mol. The number of rotatable bonds is 4. The number of nitrogens with two attached hydrogens (primary N) is 1. The summed E-state index contributed by atoms with van der Waals surface area (Å²) in [6.45, 7) is 4.85. The van der Waals surface area contributed by atoms with Gasteiger partial charge in [0.05, 0.1) is 6.61 Å². The molecule has 1 fully saturated rings.